The lowest BCUT2D eigenvalue weighted by Crippen LogP contribution is -2.29. The van der Waals surface area contributed by atoms with E-state index in [-0.39, 0.29) is 5.91 Å². The second kappa shape index (κ2) is 7.68. The molecule has 3 rings (SSSR count). The van der Waals surface area contributed by atoms with E-state index in [1.807, 2.05) is 37.3 Å². The van der Waals surface area contributed by atoms with Gasteiger partial charge in [-0.15, -0.1) is 6.58 Å². The first-order valence-corrected chi connectivity index (χ1v) is 8.85. The second-order valence-electron chi connectivity index (χ2n) is 5.45. The van der Waals surface area contributed by atoms with Crippen LogP contribution in [0, 0.1) is 6.92 Å². The molecule has 0 radical (unpaired) electrons. The molecule has 6 heteroatoms. The topological polar surface area (TPSA) is 45.6 Å². The maximum absolute atomic E-state index is 12.7. The van der Waals surface area contributed by atoms with Crippen LogP contribution in [0.2, 0.25) is 5.02 Å². The fourth-order valence-electron chi connectivity index (χ4n) is 2.26. The van der Waals surface area contributed by atoms with Crippen LogP contribution in [0.3, 0.4) is 0 Å². The van der Waals surface area contributed by atoms with E-state index in [9.17, 15) is 4.79 Å². The summed E-state index contributed by atoms with van der Waals surface area (Å²) in [5, 5.41) is 1.02. The van der Waals surface area contributed by atoms with Gasteiger partial charge in [0, 0.05) is 18.9 Å². The number of aryl methyl sites for hydroxylation is 1. The molecule has 1 aliphatic heterocycles. The van der Waals surface area contributed by atoms with Gasteiger partial charge in [-0.1, -0.05) is 47.5 Å². The number of amides is 1. The third-order valence-electron chi connectivity index (χ3n) is 3.54. The molecule has 1 aliphatic rings. The minimum Gasteiger partial charge on any atom is -0.283 e. The first-order chi connectivity index (χ1) is 12.1. The smallest absolute Gasteiger partial charge is 0.267 e. The number of benzene rings is 1. The number of aliphatic imine (C=N–C) groups is 1. The molecule has 1 fully saturated rings. The number of halogens is 1. The van der Waals surface area contributed by atoms with Crippen LogP contribution < -0.4 is 0 Å². The van der Waals surface area contributed by atoms with Gasteiger partial charge in [0.2, 0.25) is 0 Å². The van der Waals surface area contributed by atoms with Crippen molar-refractivity contribution >= 4 is 46.2 Å². The summed E-state index contributed by atoms with van der Waals surface area (Å²) in [5.74, 6) is -0.0885. The average molecular weight is 370 g/mol. The standard InChI is InChI=1S/C19H16ClN3OS/c1-3-10-23-18(24)17(11-14-6-4-13(2)5-7-14)25-19(23)22-16-8-9-21-12-15(16)20/h3-9,11-12H,1,10H2,2H3/b17-11-,22-19?. The number of aromatic nitrogens is 1. The van der Waals surface area contributed by atoms with Crippen LogP contribution in [-0.2, 0) is 4.79 Å². The van der Waals surface area contributed by atoms with Crippen LogP contribution in [-0.4, -0.2) is 27.5 Å². The van der Waals surface area contributed by atoms with Crippen LogP contribution in [0.4, 0.5) is 5.69 Å². The van der Waals surface area contributed by atoms with E-state index in [2.05, 4.69) is 16.6 Å². The summed E-state index contributed by atoms with van der Waals surface area (Å²) in [7, 11) is 0. The highest BCUT2D eigenvalue weighted by molar-refractivity contribution is 8.18. The Hall–Kier alpha value is -2.37. The Morgan fingerprint density at radius 1 is 1.32 bits per heavy atom. The summed E-state index contributed by atoms with van der Waals surface area (Å²) in [6.07, 6.45) is 6.70. The SMILES string of the molecule is C=CCN1C(=O)/C(=C/c2ccc(C)cc2)SC1=Nc1ccncc1Cl. The summed E-state index contributed by atoms with van der Waals surface area (Å²) in [5.41, 5.74) is 2.73. The fourth-order valence-corrected chi connectivity index (χ4v) is 3.42. The second-order valence-corrected chi connectivity index (χ2v) is 6.86. The van der Waals surface area contributed by atoms with Gasteiger partial charge in [0.05, 0.1) is 15.6 Å². The van der Waals surface area contributed by atoms with Gasteiger partial charge < -0.3 is 0 Å². The molecule has 0 spiro atoms. The highest BCUT2D eigenvalue weighted by Crippen LogP contribution is 2.35. The van der Waals surface area contributed by atoms with Crippen LogP contribution in [0.15, 0.2) is 65.3 Å². The van der Waals surface area contributed by atoms with Gasteiger partial charge in [-0.2, -0.15) is 0 Å². The average Bonchev–Trinajstić information content (AvgIpc) is 2.88. The van der Waals surface area contributed by atoms with E-state index < -0.39 is 0 Å². The number of rotatable bonds is 4. The van der Waals surface area contributed by atoms with Crippen LogP contribution >= 0.6 is 23.4 Å². The zero-order valence-corrected chi connectivity index (χ0v) is 15.2. The molecule has 0 atom stereocenters. The maximum atomic E-state index is 12.7. The van der Waals surface area contributed by atoms with E-state index in [4.69, 9.17) is 11.6 Å². The molecule has 0 bridgehead atoms. The summed E-state index contributed by atoms with van der Waals surface area (Å²) in [6.45, 7) is 6.14. The summed E-state index contributed by atoms with van der Waals surface area (Å²) in [4.78, 5) is 23.4. The van der Waals surface area contributed by atoms with Crippen molar-refractivity contribution in [2.24, 2.45) is 4.99 Å². The molecule has 126 valence electrons. The number of hydrogen-bond acceptors (Lipinski definition) is 4. The van der Waals surface area contributed by atoms with E-state index in [1.165, 1.54) is 23.5 Å². The Balaban J connectivity index is 1.96. The van der Waals surface area contributed by atoms with Gasteiger partial charge in [-0.25, -0.2) is 4.99 Å². The van der Waals surface area contributed by atoms with Gasteiger partial charge >= 0.3 is 0 Å². The first-order valence-electron chi connectivity index (χ1n) is 7.65. The summed E-state index contributed by atoms with van der Waals surface area (Å²) in [6, 6.07) is 9.73. The highest BCUT2D eigenvalue weighted by atomic mass is 35.5. The van der Waals surface area contributed by atoms with Crippen molar-refractivity contribution in [3.8, 4) is 0 Å². The minimum absolute atomic E-state index is 0.0885. The van der Waals surface area contributed by atoms with Gasteiger partial charge in [0.15, 0.2) is 5.17 Å². The third kappa shape index (κ3) is 4.00. The molecule has 0 unspecified atom stereocenters. The third-order valence-corrected chi connectivity index (χ3v) is 4.84. The molecule has 1 aromatic carbocycles. The molecule has 0 aliphatic carbocycles. The molecule has 0 saturated carbocycles. The molecule has 1 amide bonds. The molecule has 2 aromatic rings. The Morgan fingerprint density at radius 2 is 2.08 bits per heavy atom. The Kier molecular flexibility index (Phi) is 5.36. The monoisotopic (exact) mass is 369 g/mol. The molecule has 1 aromatic heterocycles. The zero-order chi connectivity index (χ0) is 17.8. The van der Waals surface area contributed by atoms with Gasteiger partial charge in [-0.05, 0) is 36.4 Å². The van der Waals surface area contributed by atoms with E-state index in [0.29, 0.717) is 27.3 Å². The van der Waals surface area contributed by atoms with Crippen molar-refractivity contribution in [1.82, 2.24) is 9.88 Å². The molecular weight excluding hydrogens is 354 g/mol. The number of pyridine rings is 1. The van der Waals surface area contributed by atoms with Crippen molar-refractivity contribution in [2.45, 2.75) is 6.92 Å². The molecular formula is C19H16ClN3OS. The zero-order valence-electron chi connectivity index (χ0n) is 13.6. The quantitative estimate of drug-likeness (QED) is 0.572. The number of carbonyl (C=O) groups excluding carboxylic acids is 1. The van der Waals surface area contributed by atoms with Crippen molar-refractivity contribution in [2.75, 3.05) is 6.54 Å². The molecule has 4 nitrogen and oxygen atoms in total. The van der Waals surface area contributed by atoms with Crippen LogP contribution in [0.25, 0.3) is 6.08 Å². The van der Waals surface area contributed by atoms with Gasteiger partial charge in [0.1, 0.15) is 0 Å². The Morgan fingerprint density at radius 3 is 2.76 bits per heavy atom. The minimum atomic E-state index is -0.0885. The van der Waals surface area contributed by atoms with E-state index in [1.54, 1.807) is 23.2 Å². The van der Waals surface area contributed by atoms with E-state index >= 15 is 0 Å². The lowest BCUT2D eigenvalue weighted by molar-refractivity contribution is -0.121. The Bertz CT molecular complexity index is 874. The lowest BCUT2D eigenvalue weighted by atomic mass is 10.1. The van der Waals surface area contributed by atoms with Crippen molar-refractivity contribution in [3.63, 3.8) is 0 Å². The Labute approximate surface area is 155 Å². The molecule has 0 N–H and O–H groups in total. The first kappa shape index (κ1) is 17.5. The summed E-state index contributed by atoms with van der Waals surface area (Å²) >= 11 is 7.46. The fraction of sp³-hybridized carbons (Fsp3) is 0.105. The van der Waals surface area contributed by atoms with Crippen molar-refractivity contribution < 1.29 is 4.79 Å². The van der Waals surface area contributed by atoms with E-state index in [0.717, 1.165) is 5.56 Å². The maximum Gasteiger partial charge on any atom is 0.267 e. The van der Waals surface area contributed by atoms with Crippen LogP contribution in [0.5, 0.6) is 0 Å². The van der Waals surface area contributed by atoms with Crippen molar-refractivity contribution in [1.29, 1.82) is 0 Å². The normalized spacial score (nSPS) is 17.5. The summed E-state index contributed by atoms with van der Waals surface area (Å²) < 4.78 is 0. The largest absolute Gasteiger partial charge is 0.283 e. The number of hydrogen-bond donors (Lipinski definition) is 0. The van der Waals surface area contributed by atoms with Crippen LogP contribution in [0.1, 0.15) is 11.1 Å². The number of nitrogens with zero attached hydrogens (tertiary/aromatic N) is 3. The predicted octanol–water partition coefficient (Wildman–Crippen LogP) is 4.83. The lowest BCUT2D eigenvalue weighted by Gasteiger charge is -2.12. The van der Waals surface area contributed by atoms with Gasteiger partial charge in [0.25, 0.3) is 5.91 Å². The molecule has 1 saturated heterocycles. The van der Waals surface area contributed by atoms with Gasteiger partial charge in [-0.3, -0.25) is 14.7 Å². The number of carbonyl (C=O) groups is 1. The number of thioether (sulfide) groups is 1. The predicted molar refractivity (Wildman–Crippen MR) is 105 cm³/mol. The number of amidine groups is 1. The molecule has 25 heavy (non-hydrogen) atoms. The highest BCUT2D eigenvalue weighted by Gasteiger charge is 2.32. The molecule has 2 heterocycles. The van der Waals surface area contributed by atoms with Crippen molar-refractivity contribution in [3.05, 3.63) is 76.4 Å².